The molecule has 0 heterocycles. The summed E-state index contributed by atoms with van der Waals surface area (Å²) < 4.78 is 0. The summed E-state index contributed by atoms with van der Waals surface area (Å²) in [5.41, 5.74) is 0. The number of hydrogen-bond donors (Lipinski definition) is 0. The molecule has 0 aliphatic heterocycles. The fourth-order valence-electron chi connectivity index (χ4n) is 0.321. The first-order valence-electron chi connectivity index (χ1n) is 2.42. The third-order valence-corrected chi connectivity index (χ3v) is 0.556. The Kier molecular flexibility index (Phi) is 6.53. The van der Waals surface area contributed by atoms with E-state index in [1.807, 2.05) is 30.3 Å². The number of rotatable bonds is 0. The molecule has 0 saturated heterocycles. The van der Waals surface area contributed by atoms with Crippen LogP contribution in [0, 0.1) is 0 Å². The molecule has 0 aliphatic carbocycles. The van der Waals surface area contributed by atoms with Gasteiger partial charge in [0.15, 0.2) is 0 Å². The second-order valence-corrected chi connectivity index (χ2v) is 16.9. The van der Waals surface area contributed by atoms with E-state index in [0.717, 1.165) is 0 Å². The van der Waals surface area contributed by atoms with Crippen molar-refractivity contribution in [3.05, 3.63) is 30.3 Å². The maximum atomic E-state index is 5.01. The van der Waals surface area contributed by atoms with Crippen LogP contribution in [0.25, 0.3) is 0 Å². The molecule has 0 N–H and O–H groups in total. The fraction of sp³-hybridized carbons (Fsp3) is 0. The van der Waals surface area contributed by atoms with Crippen molar-refractivity contribution in [2.45, 2.75) is 0 Å². The first-order chi connectivity index (χ1) is 4.50. The van der Waals surface area contributed by atoms with Gasteiger partial charge in [-0.1, -0.05) is 0 Å². The normalized spacial score (nSPS) is 10.0. The summed E-state index contributed by atoms with van der Waals surface area (Å²) in [6.45, 7) is 0. The summed E-state index contributed by atoms with van der Waals surface area (Å²) in [5, 5.41) is 0. The summed E-state index contributed by atoms with van der Waals surface area (Å²) in [7, 11) is 20.1. The second-order valence-electron chi connectivity index (χ2n) is 1.39. The maximum Gasteiger partial charge on any atom is -0.172 e. The van der Waals surface area contributed by atoms with Gasteiger partial charge in [0, 0.05) is 0 Å². The van der Waals surface area contributed by atoms with Crippen LogP contribution in [0.1, 0.15) is 0 Å². The van der Waals surface area contributed by atoms with E-state index in [9.17, 15) is 0 Å². The Bertz CT molecular complexity index is 120. The first kappa shape index (κ1) is 11.2. The molecule has 0 spiro atoms. The van der Waals surface area contributed by atoms with E-state index in [4.69, 9.17) is 37.2 Å². The van der Waals surface area contributed by atoms with Gasteiger partial charge in [-0.25, -0.2) is 12.1 Å². The number of halogens is 4. The summed E-state index contributed by atoms with van der Waals surface area (Å²) in [6, 6.07) is 10.0. The van der Waals surface area contributed by atoms with Gasteiger partial charge in [-0.2, -0.15) is 18.2 Å². The zero-order valence-electron chi connectivity index (χ0n) is 4.90. The van der Waals surface area contributed by atoms with Crippen LogP contribution in [0.5, 0.6) is 0 Å². The molecule has 0 fully saturated rings. The van der Waals surface area contributed by atoms with Gasteiger partial charge in [0.25, 0.3) is 0 Å². The topological polar surface area (TPSA) is 0 Å². The first-order valence-corrected chi connectivity index (χ1v) is 11.0. The van der Waals surface area contributed by atoms with Crippen molar-refractivity contribution in [3.8, 4) is 0 Å². The molecule has 0 atom stereocenters. The second kappa shape index (κ2) is 5.82. The van der Waals surface area contributed by atoms with Gasteiger partial charge >= 0.3 is 49.6 Å². The van der Waals surface area contributed by atoms with Crippen molar-refractivity contribution >= 4 is 37.2 Å². The van der Waals surface area contributed by atoms with Crippen LogP contribution < -0.4 is 0 Å². The predicted octanol–water partition coefficient (Wildman–Crippen LogP) is 4.16. The van der Waals surface area contributed by atoms with Crippen LogP contribution in [0.15, 0.2) is 30.3 Å². The SMILES string of the molecule is [Cl][Ti]([Cl])([Cl])[Cl].c1cc[cH-]c1. The van der Waals surface area contributed by atoms with Crippen molar-refractivity contribution in [3.63, 3.8) is 0 Å². The van der Waals surface area contributed by atoms with E-state index in [1.54, 1.807) is 0 Å². The molecule has 1 aromatic rings. The van der Waals surface area contributed by atoms with Crippen LogP contribution >= 0.6 is 37.2 Å². The Morgan fingerprint density at radius 3 is 1.30 bits per heavy atom. The Morgan fingerprint density at radius 2 is 1.20 bits per heavy atom. The fourth-order valence-corrected chi connectivity index (χ4v) is 0.321. The van der Waals surface area contributed by atoms with E-state index in [1.165, 1.54) is 0 Å². The van der Waals surface area contributed by atoms with E-state index in [0.29, 0.717) is 0 Å². The van der Waals surface area contributed by atoms with Gasteiger partial charge < -0.3 is 0 Å². The van der Waals surface area contributed by atoms with Gasteiger partial charge in [-0.3, -0.25) is 0 Å². The molecule has 58 valence electrons. The van der Waals surface area contributed by atoms with Crippen molar-refractivity contribution in [2.24, 2.45) is 0 Å². The third-order valence-electron chi connectivity index (χ3n) is 0.556. The maximum absolute atomic E-state index is 5.01. The van der Waals surface area contributed by atoms with E-state index in [-0.39, 0.29) is 0 Å². The van der Waals surface area contributed by atoms with Crippen molar-refractivity contribution in [2.75, 3.05) is 0 Å². The van der Waals surface area contributed by atoms with Gasteiger partial charge in [0.1, 0.15) is 0 Å². The summed E-state index contributed by atoms with van der Waals surface area (Å²) in [5.74, 6) is 0. The Morgan fingerprint density at radius 1 is 0.900 bits per heavy atom. The van der Waals surface area contributed by atoms with Crippen LogP contribution in [0.4, 0.5) is 0 Å². The van der Waals surface area contributed by atoms with Crippen LogP contribution in [-0.2, 0) is 12.3 Å². The van der Waals surface area contributed by atoms with E-state index < -0.39 is 12.3 Å². The molecule has 1 rings (SSSR count). The molecule has 1 aromatic carbocycles. The molecule has 0 nitrogen and oxygen atoms in total. The Labute approximate surface area is 79.3 Å². The predicted molar refractivity (Wildman–Crippen MR) is 45.4 cm³/mol. The minimum Gasteiger partial charge on any atom is -0.214 e. The van der Waals surface area contributed by atoms with Gasteiger partial charge in [-0.05, 0) is 0 Å². The molecule has 0 unspecified atom stereocenters. The molecule has 0 amide bonds. The Balaban J connectivity index is 0.000000162. The van der Waals surface area contributed by atoms with Gasteiger partial charge in [0.05, 0.1) is 0 Å². The molecule has 0 saturated carbocycles. The van der Waals surface area contributed by atoms with Gasteiger partial charge in [-0.15, -0.1) is 0 Å². The van der Waals surface area contributed by atoms with Crippen LogP contribution in [-0.4, -0.2) is 0 Å². The van der Waals surface area contributed by atoms with Crippen LogP contribution in [0.2, 0.25) is 0 Å². The zero-order chi connectivity index (χ0) is 8.04. The molecule has 0 aromatic heterocycles. The average Bonchev–Trinajstić information content (AvgIpc) is 2.07. The quantitative estimate of drug-likeness (QED) is 0.482. The standard InChI is InChI=1S/C5H5.4ClH.Ti/c1-2-4-5-3-1;;;;;/h1-5H;4*1H;/q-1;;;;;+4/p-4. The summed E-state index contributed by atoms with van der Waals surface area (Å²) >= 11 is -3.11. The van der Waals surface area contributed by atoms with Crippen molar-refractivity contribution in [1.82, 2.24) is 0 Å². The van der Waals surface area contributed by atoms with Gasteiger partial charge in [0.2, 0.25) is 0 Å². The molecule has 0 radical (unpaired) electrons. The van der Waals surface area contributed by atoms with E-state index >= 15 is 0 Å². The monoisotopic (exact) mass is 253 g/mol. The molecular formula is C5H5Cl4Ti-. The minimum absolute atomic E-state index is 2.00. The summed E-state index contributed by atoms with van der Waals surface area (Å²) in [4.78, 5) is 0. The molecule has 0 bridgehead atoms. The zero-order valence-corrected chi connectivity index (χ0v) is 9.48. The largest absolute Gasteiger partial charge is 0.214 e. The number of hydrogen-bond acceptors (Lipinski definition) is 0. The third kappa shape index (κ3) is 16.1. The molecular weight excluding hydrogens is 250 g/mol. The molecule has 10 heavy (non-hydrogen) atoms. The average molecular weight is 255 g/mol. The Hall–Kier alpha value is 1.22. The van der Waals surface area contributed by atoms with Crippen molar-refractivity contribution < 1.29 is 12.3 Å². The van der Waals surface area contributed by atoms with Crippen LogP contribution in [0.3, 0.4) is 0 Å². The molecule has 0 aliphatic rings. The molecule has 5 heteroatoms. The minimum atomic E-state index is -3.11. The van der Waals surface area contributed by atoms with E-state index in [2.05, 4.69) is 0 Å². The van der Waals surface area contributed by atoms with Crippen molar-refractivity contribution in [1.29, 1.82) is 0 Å². The smallest absolute Gasteiger partial charge is 0.172 e. The summed E-state index contributed by atoms with van der Waals surface area (Å²) in [6.07, 6.45) is 0.